The maximum Gasteiger partial charge on any atom is 0.235 e. The minimum atomic E-state index is -0.512. The van der Waals surface area contributed by atoms with E-state index in [4.69, 9.17) is 0 Å². The van der Waals surface area contributed by atoms with Crippen molar-refractivity contribution in [3.05, 3.63) is 71.0 Å². The van der Waals surface area contributed by atoms with Crippen molar-refractivity contribution in [1.82, 2.24) is 14.8 Å². The van der Waals surface area contributed by atoms with Crippen molar-refractivity contribution >= 4 is 27.5 Å². The van der Waals surface area contributed by atoms with Crippen LogP contribution in [0.4, 0.5) is 10.1 Å². The van der Waals surface area contributed by atoms with Crippen LogP contribution in [-0.4, -0.2) is 20.7 Å². The molecule has 0 radical (unpaired) electrons. The second kappa shape index (κ2) is 6.07. The second-order valence-electron chi connectivity index (χ2n) is 6.05. The smallest absolute Gasteiger partial charge is 0.235 e. The predicted octanol–water partition coefficient (Wildman–Crippen LogP) is 3.84. The fourth-order valence-corrected chi connectivity index (χ4v) is 3.16. The van der Waals surface area contributed by atoms with Gasteiger partial charge >= 0.3 is 0 Å². The Morgan fingerprint density at radius 1 is 1.20 bits per heavy atom. The number of rotatable bonds is 4. The Kier molecular flexibility index (Phi) is 3.88. The van der Waals surface area contributed by atoms with Gasteiger partial charge in [-0.3, -0.25) is 4.79 Å². The minimum Gasteiger partial charge on any atom is -0.325 e. The van der Waals surface area contributed by atoms with Gasteiger partial charge in [0, 0.05) is 10.2 Å². The molecule has 1 amide bonds. The molecule has 1 N–H and O–H groups in total. The lowest BCUT2D eigenvalue weighted by Crippen LogP contribution is -2.27. The molecule has 0 unspecified atom stereocenters. The zero-order valence-corrected chi connectivity index (χ0v) is 14.7. The van der Waals surface area contributed by atoms with Crippen molar-refractivity contribution in [1.29, 1.82) is 0 Å². The van der Waals surface area contributed by atoms with E-state index in [1.165, 1.54) is 23.4 Å². The zero-order valence-electron chi connectivity index (χ0n) is 13.1. The monoisotopic (exact) mass is 400 g/mol. The molecule has 1 heterocycles. The van der Waals surface area contributed by atoms with Gasteiger partial charge in [-0.15, -0.1) is 0 Å². The third-order valence-corrected chi connectivity index (χ3v) is 4.98. The SMILES string of the molecule is O=C(Nc1ccc(-n2cncn2)c(F)c1)C1(c2ccc(Br)cc2)CC1. The first-order valence-corrected chi connectivity index (χ1v) is 8.60. The van der Waals surface area contributed by atoms with Crippen molar-refractivity contribution in [3.8, 4) is 5.69 Å². The van der Waals surface area contributed by atoms with Gasteiger partial charge < -0.3 is 5.32 Å². The Hall–Kier alpha value is -2.54. The van der Waals surface area contributed by atoms with Crippen molar-refractivity contribution < 1.29 is 9.18 Å². The van der Waals surface area contributed by atoms with Gasteiger partial charge in [0.1, 0.15) is 18.3 Å². The van der Waals surface area contributed by atoms with Crippen LogP contribution < -0.4 is 5.32 Å². The molecule has 126 valence electrons. The lowest BCUT2D eigenvalue weighted by Gasteiger charge is -2.16. The van der Waals surface area contributed by atoms with E-state index >= 15 is 0 Å². The van der Waals surface area contributed by atoms with Gasteiger partial charge in [-0.2, -0.15) is 5.10 Å². The molecule has 7 heteroatoms. The van der Waals surface area contributed by atoms with Gasteiger partial charge in [0.05, 0.1) is 5.41 Å². The van der Waals surface area contributed by atoms with Crippen LogP contribution in [0, 0.1) is 5.82 Å². The van der Waals surface area contributed by atoms with E-state index in [0.29, 0.717) is 5.69 Å². The van der Waals surface area contributed by atoms with E-state index in [0.717, 1.165) is 22.9 Å². The summed E-state index contributed by atoms with van der Waals surface area (Å²) in [6.45, 7) is 0. The number of benzene rings is 2. The van der Waals surface area contributed by atoms with Crippen molar-refractivity contribution in [3.63, 3.8) is 0 Å². The number of aromatic nitrogens is 3. The van der Waals surface area contributed by atoms with Crippen LogP contribution in [0.1, 0.15) is 18.4 Å². The molecule has 1 fully saturated rings. The van der Waals surface area contributed by atoms with E-state index in [1.807, 2.05) is 24.3 Å². The molecule has 5 nitrogen and oxygen atoms in total. The highest BCUT2D eigenvalue weighted by Crippen LogP contribution is 2.49. The molecule has 2 aromatic carbocycles. The summed E-state index contributed by atoms with van der Waals surface area (Å²) in [5.41, 5.74) is 1.18. The summed E-state index contributed by atoms with van der Waals surface area (Å²) >= 11 is 3.40. The van der Waals surface area contributed by atoms with Gasteiger partial charge in [0.2, 0.25) is 5.91 Å². The van der Waals surface area contributed by atoms with Crippen LogP contribution in [0.3, 0.4) is 0 Å². The number of amides is 1. The van der Waals surface area contributed by atoms with Crippen molar-refractivity contribution in [2.24, 2.45) is 0 Å². The number of carbonyl (C=O) groups is 1. The summed E-state index contributed by atoms with van der Waals surface area (Å²) in [7, 11) is 0. The van der Waals surface area contributed by atoms with E-state index in [2.05, 4.69) is 31.3 Å². The van der Waals surface area contributed by atoms with Crippen LogP contribution in [0.25, 0.3) is 5.69 Å². The summed E-state index contributed by atoms with van der Waals surface area (Å²) in [6, 6.07) is 12.3. The molecular formula is C18H14BrFN4O. The number of nitrogens with one attached hydrogen (secondary N) is 1. The quantitative estimate of drug-likeness (QED) is 0.723. The number of nitrogens with zero attached hydrogens (tertiary/aromatic N) is 3. The third-order valence-electron chi connectivity index (χ3n) is 4.45. The Morgan fingerprint density at radius 3 is 2.56 bits per heavy atom. The molecule has 1 aliphatic rings. The Labute approximate surface area is 152 Å². The molecule has 1 saturated carbocycles. The molecule has 25 heavy (non-hydrogen) atoms. The lowest BCUT2D eigenvalue weighted by atomic mass is 9.95. The van der Waals surface area contributed by atoms with Crippen LogP contribution in [-0.2, 0) is 10.2 Å². The predicted molar refractivity (Wildman–Crippen MR) is 95.0 cm³/mol. The number of carbonyl (C=O) groups excluding carboxylic acids is 1. The summed E-state index contributed by atoms with van der Waals surface area (Å²) in [5.74, 6) is -0.584. The normalized spacial score (nSPS) is 15.0. The summed E-state index contributed by atoms with van der Waals surface area (Å²) in [5, 5.41) is 6.74. The lowest BCUT2D eigenvalue weighted by molar-refractivity contribution is -0.118. The first kappa shape index (κ1) is 16.0. The highest BCUT2D eigenvalue weighted by Gasteiger charge is 2.51. The second-order valence-corrected chi connectivity index (χ2v) is 6.97. The average molecular weight is 401 g/mol. The minimum absolute atomic E-state index is 0.109. The van der Waals surface area contributed by atoms with Gasteiger partial charge in [-0.1, -0.05) is 28.1 Å². The number of hydrogen-bond donors (Lipinski definition) is 1. The fourth-order valence-electron chi connectivity index (χ4n) is 2.89. The van der Waals surface area contributed by atoms with Gasteiger partial charge in [-0.25, -0.2) is 14.1 Å². The van der Waals surface area contributed by atoms with Crippen LogP contribution in [0.15, 0.2) is 59.6 Å². The zero-order chi connectivity index (χ0) is 17.4. The molecule has 0 saturated heterocycles. The molecule has 4 rings (SSSR count). The average Bonchev–Trinajstić information content (AvgIpc) is 3.24. The van der Waals surface area contributed by atoms with Gasteiger partial charge in [-0.05, 0) is 48.7 Å². The molecule has 0 bridgehead atoms. The van der Waals surface area contributed by atoms with E-state index in [9.17, 15) is 9.18 Å². The maximum atomic E-state index is 14.3. The third kappa shape index (κ3) is 2.95. The summed E-state index contributed by atoms with van der Waals surface area (Å²) < 4.78 is 16.6. The van der Waals surface area contributed by atoms with Crippen LogP contribution in [0.5, 0.6) is 0 Å². The first-order valence-electron chi connectivity index (χ1n) is 7.80. The number of anilines is 1. The maximum absolute atomic E-state index is 14.3. The number of hydrogen-bond acceptors (Lipinski definition) is 3. The highest BCUT2D eigenvalue weighted by atomic mass is 79.9. The van der Waals surface area contributed by atoms with E-state index in [1.54, 1.807) is 12.1 Å². The molecule has 1 aliphatic carbocycles. The summed E-state index contributed by atoms with van der Waals surface area (Å²) in [6.07, 6.45) is 4.34. The van der Waals surface area contributed by atoms with Crippen LogP contribution in [0.2, 0.25) is 0 Å². The standard InChI is InChI=1S/C18H14BrFN4O/c19-13-3-1-12(2-4-13)18(7-8-18)17(25)23-14-5-6-16(15(20)9-14)24-11-21-10-22-24/h1-6,9-11H,7-8H2,(H,23,25). The summed E-state index contributed by atoms with van der Waals surface area (Å²) in [4.78, 5) is 16.5. The van der Waals surface area contributed by atoms with Crippen molar-refractivity contribution in [2.45, 2.75) is 18.3 Å². The molecule has 1 aromatic heterocycles. The molecular weight excluding hydrogens is 387 g/mol. The topological polar surface area (TPSA) is 59.8 Å². The molecule has 3 aromatic rings. The highest BCUT2D eigenvalue weighted by molar-refractivity contribution is 9.10. The van der Waals surface area contributed by atoms with Gasteiger partial charge in [0.15, 0.2) is 5.82 Å². The Morgan fingerprint density at radius 2 is 1.96 bits per heavy atom. The number of halogens is 2. The molecule has 0 atom stereocenters. The van der Waals surface area contributed by atoms with Gasteiger partial charge in [0.25, 0.3) is 0 Å². The molecule has 0 aliphatic heterocycles. The molecule has 0 spiro atoms. The van der Waals surface area contributed by atoms with Crippen LogP contribution >= 0.6 is 15.9 Å². The fraction of sp³-hybridized carbons (Fsp3) is 0.167. The first-order chi connectivity index (χ1) is 12.1. The van der Waals surface area contributed by atoms with E-state index < -0.39 is 11.2 Å². The largest absolute Gasteiger partial charge is 0.325 e. The Bertz CT molecular complexity index is 921. The Balaban J connectivity index is 1.55. The van der Waals surface area contributed by atoms with E-state index in [-0.39, 0.29) is 11.6 Å². The van der Waals surface area contributed by atoms with Crippen molar-refractivity contribution in [2.75, 3.05) is 5.32 Å².